The van der Waals surface area contributed by atoms with Crippen LogP contribution in [0.25, 0.3) is 0 Å². The molecule has 0 aliphatic heterocycles. The van der Waals surface area contributed by atoms with Gasteiger partial charge in [0.2, 0.25) is 0 Å². The Morgan fingerprint density at radius 3 is 2.79 bits per heavy atom. The molecule has 0 aliphatic carbocycles. The van der Waals surface area contributed by atoms with Gasteiger partial charge in [0.05, 0.1) is 11.4 Å². The summed E-state index contributed by atoms with van der Waals surface area (Å²) in [7, 11) is 1.89. The van der Waals surface area contributed by atoms with Crippen molar-refractivity contribution in [3.05, 3.63) is 40.5 Å². The fourth-order valence-corrected chi connectivity index (χ4v) is 2.25. The van der Waals surface area contributed by atoms with Crippen molar-refractivity contribution >= 4 is 23.1 Å². The zero-order valence-electron chi connectivity index (χ0n) is 11.3. The van der Waals surface area contributed by atoms with E-state index < -0.39 is 0 Å². The second-order valence-electron chi connectivity index (χ2n) is 4.53. The van der Waals surface area contributed by atoms with E-state index in [1.165, 1.54) is 0 Å². The second kappa shape index (κ2) is 5.97. The molecule has 3 N–H and O–H groups in total. The maximum atomic E-state index is 6.13. The van der Waals surface area contributed by atoms with Crippen molar-refractivity contribution in [3.8, 4) is 0 Å². The third-order valence-corrected chi connectivity index (χ3v) is 3.42. The van der Waals surface area contributed by atoms with Crippen molar-refractivity contribution in [2.24, 2.45) is 7.05 Å². The van der Waals surface area contributed by atoms with Gasteiger partial charge in [-0.1, -0.05) is 43.1 Å². The molecule has 1 aromatic heterocycles. The van der Waals surface area contributed by atoms with Gasteiger partial charge in [0.1, 0.15) is 5.82 Å². The number of nitrogen functional groups attached to an aromatic ring is 1. The highest BCUT2D eigenvalue weighted by atomic mass is 35.5. The van der Waals surface area contributed by atoms with Crippen molar-refractivity contribution in [3.63, 3.8) is 0 Å². The number of nitrogens with two attached hydrogens (primary N) is 1. The molecular formula is C14H19ClN4. The molecule has 2 aromatic rings. The lowest BCUT2D eigenvalue weighted by Crippen LogP contribution is -2.06. The lowest BCUT2D eigenvalue weighted by Gasteiger charge is -2.09. The van der Waals surface area contributed by atoms with E-state index in [1.807, 2.05) is 31.3 Å². The summed E-state index contributed by atoms with van der Waals surface area (Å²) in [5.74, 6) is 0.850. The van der Waals surface area contributed by atoms with Crippen LogP contribution in [0.2, 0.25) is 5.02 Å². The normalized spacial score (nSPS) is 10.7. The number of rotatable bonds is 5. The molecule has 1 aromatic carbocycles. The van der Waals surface area contributed by atoms with Gasteiger partial charge in [-0.15, -0.1) is 0 Å². The molecule has 0 amide bonds. The quantitative estimate of drug-likeness (QED) is 0.883. The van der Waals surface area contributed by atoms with E-state index in [-0.39, 0.29) is 0 Å². The summed E-state index contributed by atoms with van der Waals surface area (Å²) in [6.07, 6.45) is 1.93. The van der Waals surface area contributed by atoms with Gasteiger partial charge >= 0.3 is 0 Å². The first-order valence-corrected chi connectivity index (χ1v) is 6.80. The van der Waals surface area contributed by atoms with Gasteiger partial charge in [0.15, 0.2) is 0 Å². The van der Waals surface area contributed by atoms with Crippen LogP contribution in [0, 0.1) is 0 Å². The molecule has 0 saturated carbocycles. The van der Waals surface area contributed by atoms with Crippen LogP contribution in [0.5, 0.6) is 0 Å². The van der Waals surface area contributed by atoms with Gasteiger partial charge in [-0.05, 0) is 18.1 Å². The summed E-state index contributed by atoms with van der Waals surface area (Å²) in [6.45, 7) is 2.75. The highest BCUT2D eigenvalue weighted by molar-refractivity contribution is 6.31. The highest BCUT2D eigenvalue weighted by Crippen LogP contribution is 2.24. The van der Waals surface area contributed by atoms with E-state index in [2.05, 4.69) is 17.3 Å². The van der Waals surface area contributed by atoms with E-state index in [1.54, 1.807) is 4.68 Å². The van der Waals surface area contributed by atoms with Gasteiger partial charge in [-0.3, -0.25) is 4.68 Å². The number of aryl methyl sites for hydroxylation is 2. The van der Waals surface area contributed by atoms with Crippen LogP contribution in [-0.4, -0.2) is 9.78 Å². The molecule has 0 bridgehead atoms. The van der Waals surface area contributed by atoms with E-state index in [0.29, 0.717) is 6.54 Å². The predicted octanol–water partition coefficient (Wildman–Crippen LogP) is 3.22. The third-order valence-electron chi connectivity index (χ3n) is 3.05. The summed E-state index contributed by atoms with van der Waals surface area (Å²) in [4.78, 5) is 0. The van der Waals surface area contributed by atoms with E-state index in [4.69, 9.17) is 17.3 Å². The summed E-state index contributed by atoms with van der Waals surface area (Å²) in [6, 6.07) is 7.77. The first-order valence-electron chi connectivity index (χ1n) is 6.42. The van der Waals surface area contributed by atoms with Crippen LogP contribution in [0.4, 0.5) is 11.5 Å². The molecule has 19 heavy (non-hydrogen) atoms. The second-order valence-corrected chi connectivity index (χ2v) is 4.93. The molecule has 5 heteroatoms. The van der Waals surface area contributed by atoms with Crippen LogP contribution >= 0.6 is 11.6 Å². The Balaban J connectivity index is 2.14. The smallest absolute Gasteiger partial charge is 0.148 e. The molecule has 0 fully saturated rings. The number of nitrogens with one attached hydrogen (secondary N) is 1. The van der Waals surface area contributed by atoms with Gasteiger partial charge in [-0.25, -0.2) is 0 Å². The Morgan fingerprint density at radius 2 is 2.11 bits per heavy atom. The Bertz CT molecular complexity index is 563. The Kier molecular flexibility index (Phi) is 4.32. The van der Waals surface area contributed by atoms with Crippen molar-refractivity contribution in [2.45, 2.75) is 26.3 Å². The van der Waals surface area contributed by atoms with E-state index in [0.717, 1.165) is 40.6 Å². The minimum absolute atomic E-state index is 0.634. The number of aromatic nitrogens is 2. The lowest BCUT2D eigenvalue weighted by atomic mass is 10.2. The summed E-state index contributed by atoms with van der Waals surface area (Å²) in [5.41, 5.74) is 8.84. The maximum Gasteiger partial charge on any atom is 0.148 e. The summed E-state index contributed by atoms with van der Waals surface area (Å²) < 4.78 is 1.79. The van der Waals surface area contributed by atoms with E-state index >= 15 is 0 Å². The Labute approximate surface area is 118 Å². The maximum absolute atomic E-state index is 6.13. The fourth-order valence-electron chi connectivity index (χ4n) is 2.05. The van der Waals surface area contributed by atoms with Gasteiger partial charge in [0, 0.05) is 18.6 Å². The number of halogens is 1. The molecule has 0 aliphatic rings. The topological polar surface area (TPSA) is 55.9 Å². The summed E-state index contributed by atoms with van der Waals surface area (Å²) >= 11 is 6.13. The third kappa shape index (κ3) is 3.01. The van der Waals surface area contributed by atoms with Crippen LogP contribution in [0.1, 0.15) is 24.6 Å². The van der Waals surface area contributed by atoms with Crippen molar-refractivity contribution < 1.29 is 0 Å². The minimum Gasteiger partial charge on any atom is -0.394 e. The first-order chi connectivity index (χ1) is 9.13. The summed E-state index contributed by atoms with van der Waals surface area (Å²) in [5, 5.41) is 8.49. The molecule has 4 nitrogen and oxygen atoms in total. The largest absolute Gasteiger partial charge is 0.394 e. The standard InChI is InChI=1S/C14H19ClN4/c1-3-6-12-13(16)14(19(2)18-12)17-9-10-7-4-5-8-11(10)15/h4-5,7-8,17H,3,6,9,16H2,1-2H3. The first kappa shape index (κ1) is 13.7. The van der Waals surface area contributed by atoms with Crippen LogP contribution in [-0.2, 0) is 20.0 Å². The van der Waals surface area contributed by atoms with Gasteiger partial charge in [0.25, 0.3) is 0 Å². The molecular weight excluding hydrogens is 260 g/mol. The molecule has 0 atom stereocenters. The fraction of sp³-hybridized carbons (Fsp3) is 0.357. The van der Waals surface area contributed by atoms with Crippen molar-refractivity contribution in [1.82, 2.24) is 9.78 Å². The monoisotopic (exact) mass is 278 g/mol. The van der Waals surface area contributed by atoms with Crippen molar-refractivity contribution in [1.29, 1.82) is 0 Å². The number of benzene rings is 1. The number of nitrogens with zero attached hydrogens (tertiary/aromatic N) is 2. The zero-order valence-corrected chi connectivity index (χ0v) is 12.0. The highest BCUT2D eigenvalue weighted by Gasteiger charge is 2.12. The van der Waals surface area contributed by atoms with Gasteiger partial charge in [-0.2, -0.15) is 5.10 Å². The lowest BCUT2D eigenvalue weighted by molar-refractivity contribution is 0.735. The van der Waals surface area contributed by atoms with Crippen LogP contribution in [0.15, 0.2) is 24.3 Å². The average Bonchev–Trinajstić information content (AvgIpc) is 2.65. The molecule has 1 heterocycles. The predicted molar refractivity (Wildman–Crippen MR) is 80.4 cm³/mol. The van der Waals surface area contributed by atoms with Crippen LogP contribution < -0.4 is 11.1 Å². The molecule has 0 saturated heterocycles. The SMILES string of the molecule is CCCc1nn(C)c(NCc2ccccc2Cl)c1N. The molecule has 0 radical (unpaired) electrons. The van der Waals surface area contributed by atoms with Gasteiger partial charge < -0.3 is 11.1 Å². The Morgan fingerprint density at radius 1 is 1.37 bits per heavy atom. The van der Waals surface area contributed by atoms with E-state index in [9.17, 15) is 0 Å². The van der Waals surface area contributed by atoms with Crippen LogP contribution in [0.3, 0.4) is 0 Å². The molecule has 0 unspecified atom stereocenters. The molecule has 2 rings (SSSR count). The zero-order chi connectivity index (χ0) is 13.8. The Hall–Kier alpha value is -1.68. The van der Waals surface area contributed by atoms with Crippen molar-refractivity contribution in [2.75, 3.05) is 11.1 Å². The molecule has 0 spiro atoms. The average molecular weight is 279 g/mol. The molecule has 102 valence electrons. The number of hydrogen-bond acceptors (Lipinski definition) is 3. The minimum atomic E-state index is 0.634. The number of anilines is 2. The number of hydrogen-bond donors (Lipinski definition) is 2.